The maximum atomic E-state index is 4.62. The summed E-state index contributed by atoms with van der Waals surface area (Å²) in [6, 6.07) is 11.2. The zero-order valence-electron chi connectivity index (χ0n) is 16.4. The fraction of sp³-hybridized carbons (Fsp3) is 0.364. The molecule has 0 saturated carbocycles. The minimum Gasteiger partial charge on any atom is -0.369 e. The highest BCUT2D eigenvalue weighted by atomic mass is 15.3. The summed E-state index contributed by atoms with van der Waals surface area (Å²) in [7, 11) is 0. The van der Waals surface area contributed by atoms with E-state index >= 15 is 0 Å². The van der Waals surface area contributed by atoms with E-state index in [2.05, 4.69) is 65.4 Å². The summed E-state index contributed by atoms with van der Waals surface area (Å²) in [5.41, 5.74) is 6.46. The highest BCUT2D eigenvalue weighted by Crippen LogP contribution is 2.28. The summed E-state index contributed by atoms with van der Waals surface area (Å²) < 4.78 is 1.90. The summed E-state index contributed by atoms with van der Waals surface area (Å²) in [4.78, 5) is 9.53. The molecule has 0 bridgehead atoms. The molecule has 1 aromatic carbocycles. The number of benzene rings is 1. The largest absolute Gasteiger partial charge is 0.369 e. The van der Waals surface area contributed by atoms with Gasteiger partial charge < -0.3 is 4.90 Å². The molecule has 0 atom stereocenters. The van der Waals surface area contributed by atoms with Gasteiger partial charge >= 0.3 is 0 Å². The smallest absolute Gasteiger partial charge is 0.154 e. The molecular weight excluding hydrogens is 334 g/mol. The standard InChI is InChI=1S/C22H27N5/c1-5-19-7-9-22-23-15-21(27(22)24-19)18-6-8-20(17(4)14-18)26-12-10-25(11-13-26)16(2)3/h5-9,14-16H,1,10-13H2,2-4H3. The third kappa shape index (κ3) is 3.35. The minimum atomic E-state index is 0.624. The molecule has 1 aliphatic heterocycles. The van der Waals surface area contributed by atoms with Gasteiger partial charge in [0.2, 0.25) is 0 Å². The Hall–Kier alpha value is -2.66. The molecule has 2 aromatic heterocycles. The molecule has 5 heteroatoms. The number of rotatable bonds is 4. The SMILES string of the molecule is C=Cc1ccc2ncc(-c3ccc(N4CCN(C(C)C)CC4)c(C)c3)n2n1. The second kappa shape index (κ2) is 7.16. The average Bonchev–Trinajstić information content (AvgIpc) is 3.11. The third-order valence-electron chi connectivity index (χ3n) is 5.47. The van der Waals surface area contributed by atoms with Crippen molar-refractivity contribution in [2.75, 3.05) is 31.1 Å². The molecule has 0 N–H and O–H groups in total. The second-order valence-corrected chi connectivity index (χ2v) is 7.49. The molecule has 27 heavy (non-hydrogen) atoms. The molecule has 0 spiro atoms. The number of hydrogen-bond donors (Lipinski definition) is 0. The van der Waals surface area contributed by atoms with E-state index in [1.807, 2.05) is 22.8 Å². The van der Waals surface area contributed by atoms with Gasteiger partial charge in [0, 0.05) is 43.5 Å². The first kappa shape index (κ1) is 17.7. The molecule has 0 amide bonds. The van der Waals surface area contributed by atoms with Crippen LogP contribution in [0.5, 0.6) is 0 Å². The van der Waals surface area contributed by atoms with Crippen molar-refractivity contribution in [2.45, 2.75) is 26.8 Å². The van der Waals surface area contributed by atoms with Crippen molar-refractivity contribution in [2.24, 2.45) is 0 Å². The molecule has 0 radical (unpaired) electrons. The lowest BCUT2D eigenvalue weighted by atomic mass is 10.1. The van der Waals surface area contributed by atoms with Crippen LogP contribution in [0.4, 0.5) is 5.69 Å². The fourth-order valence-corrected chi connectivity index (χ4v) is 3.84. The first-order valence-electron chi connectivity index (χ1n) is 9.64. The Bertz CT molecular complexity index is 964. The topological polar surface area (TPSA) is 36.7 Å². The molecule has 1 fully saturated rings. The highest BCUT2D eigenvalue weighted by molar-refractivity contribution is 5.68. The van der Waals surface area contributed by atoms with Crippen LogP contribution in [-0.2, 0) is 0 Å². The zero-order valence-corrected chi connectivity index (χ0v) is 16.4. The highest BCUT2D eigenvalue weighted by Gasteiger charge is 2.20. The minimum absolute atomic E-state index is 0.624. The predicted molar refractivity (Wildman–Crippen MR) is 112 cm³/mol. The molecule has 1 aliphatic rings. The number of hydrogen-bond acceptors (Lipinski definition) is 4. The van der Waals surface area contributed by atoms with Gasteiger partial charge in [0.1, 0.15) is 0 Å². The Morgan fingerprint density at radius 3 is 2.52 bits per heavy atom. The summed E-state index contributed by atoms with van der Waals surface area (Å²) >= 11 is 0. The molecule has 0 unspecified atom stereocenters. The number of imidazole rings is 1. The van der Waals surface area contributed by atoms with Gasteiger partial charge in [-0.1, -0.05) is 12.6 Å². The van der Waals surface area contributed by atoms with E-state index in [0.717, 1.165) is 48.8 Å². The first-order valence-corrected chi connectivity index (χ1v) is 9.64. The quantitative estimate of drug-likeness (QED) is 0.707. The number of piperazine rings is 1. The maximum absolute atomic E-state index is 4.62. The number of aromatic nitrogens is 3. The second-order valence-electron chi connectivity index (χ2n) is 7.49. The van der Waals surface area contributed by atoms with Crippen molar-refractivity contribution >= 4 is 17.4 Å². The van der Waals surface area contributed by atoms with E-state index in [0.29, 0.717) is 6.04 Å². The van der Waals surface area contributed by atoms with Gasteiger partial charge in [0.25, 0.3) is 0 Å². The van der Waals surface area contributed by atoms with Crippen molar-refractivity contribution in [3.8, 4) is 11.3 Å². The van der Waals surface area contributed by atoms with Crippen LogP contribution in [0.25, 0.3) is 23.0 Å². The van der Waals surface area contributed by atoms with Gasteiger partial charge in [-0.05, 0) is 56.7 Å². The monoisotopic (exact) mass is 361 g/mol. The van der Waals surface area contributed by atoms with E-state index in [1.54, 1.807) is 6.08 Å². The van der Waals surface area contributed by atoms with Crippen molar-refractivity contribution in [3.05, 3.63) is 54.4 Å². The van der Waals surface area contributed by atoms with Gasteiger partial charge in [-0.25, -0.2) is 9.50 Å². The number of anilines is 1. The van der Waals surface area contributed by atoms with Gasteiger partial charge in [-0.15, -0.1) is 0 Å². The van der Waals surface area contributed by atoms with E-state index in [-0.39, 0.29) is 0 Å². The Morgan fingerprint density at radius 2 is 1.85 bits per heavy atom. The van der Waals surface area contributed by atoms with Crippen LogP contribution in [-0.4, -0.2) is 51.7 Å². The van der Waals surface area contributed by atoms with Gasteiger partial charge in [-0.2, -0.15) is 5.10 Å². The molecule has 4 rings (SSSR count). The van der Waals surface area contributed by atoms with Crippen LogP contribution in [0.1, 0.15) is 25.1 Å². The van der Waals surface area contributed by atoms with Gasteiger partial charge in [-0.3, -0.25) is 4.90 Å². The fourth-order valence-electron chi connectivity index (χ4n) is 3.84. The Labute approximate surface area is 160 Å². The molecule has 3 heterocycles. The lowest BCUT2D eigenvalue weighted by Crippen LogP contribution is -2.49. The predicted octanol–water partition coefficient (Wildman–Crippen LogP) is 3.88. The van der Waals surface area contributed by atoms with E-state index in [4.69, 9.17) is 0 Å². The maximum Gasteiger partial charge on any atom is 0.154 e. The lowest BCUT2D eigenvalue weighted by molar-refractivity contribution is 0.209. The van der Waals surface area contributed by atoms with E-state index < -0.39 is 0 Å². The molecular formula is C22H27N5. The van der Waals surface area contributed by atoms with Gasteiger partial charge in [0.05, 0.1) is 17.6 Å². The van der Waals surface area contributed by atoms with Crippen LogP contribution in [0, 0.1) is 6.92 Å². The summed E-state index contributed by atoms with van der Waals surface area (Å²) in [5, 5.41) is 4.62. The lowest BCUT2D eigenvalue weighted by Gasteiger charge is -2.38. The number of fused-ring (bicyclic) bond motifs is 1. The van der Waals surface area contributed by atoms with Crippen molar-refractivity contribution in [1.82, 2.24) is 19.5 Å². The van der Waals surface area contributed by atoms with Crippen molar-refractivity contribution in [3.63, 3.8) is 0 Å². The normalized spacial score (nSPS) is 15.6. The molecule has 5 nitrogen and oxygen atoms in total. The number of nitrogens with zero attached hydrogens (tertiary/aromatic N) is 5. The van der Waals surface area contributed by atoms with Crippen molar-refractivity contribution in [1.29, 1.82) is 0 Å². The Kier molecular flexibility index (Phi) is 4.70. The van der Waals surface area contributed by atoms with Crippen LogP contribution in [0.2, 0.25) is 0 Å². The number of aryl methyl sites for hydroxylation is 1. The van der Waals surface area contributed by atoms with E-state index in [1.165, 1.54) is 11.3 Å². The first-order chi connectivity index (χ1) is 13.1. The molecule has 0 aliphatic carbocycles. The molecule has 3 aromatic rings. The van der Waals surface area contributed by atoms with Crippen molar-refractivity contribution < 1.29 is 0 Å². The van der Waals surface area contributed by atoms with Gasteiger partial charge in [0.15, 0.2) is 5.65 Å². The Balaban J connectivity index is 1.62. The average molecular weight is 361 g/mol. The Morgan fingerprint density at radius 1 is 1.07 bits per heavy atom. The summed E-state index contributed by atoms with van der Waals surface area (Å²) in [5.74, 6) is 0. The van der Waals surface area contributed by atoms with Crippen LogP contribution in [0.3, 0.4) is 0 Å². The summed E-state index contributed by atoms with van der Waals surface area (Å²) in [6.45, 7) is 15.0. The molecule has 140 valence electrons. The zero-order chi connectivity index (χ0) is 19.0. The third-order valence-corrected chi connectivity index (χ3v) is 5.47. The van der Waals surface area contributed by atoms with Crippen LogP contribution < -0.4 is 4.90 Å². The van der Waals surface area contributed by atoms with E-state index in [9.17, 15) is 0 Å². The van der Waals surface area contributed by atoms with Crippen LogP contribution >= 0.6 is 0 Å². The van der Waals surface area contributed by atoms with Crippen LogP contribution in [0.15, 0.2) is 43.1 Å². The summed E-state index contributed by atoms with van der Waals surface area (Å²) in [6.07, 6.45) is 3.65. The molecule has 1 saturated heterocycles.